The van der Waals surface area contributed by atoms with Gasteiger partial charge in [0.2, 0.25) is 0 Å². The van der Waals surface area contributed by atoms with E-state index in [2.05, 4.69) is 41.7 Å². The summed E-state index contributed by atoms with van der Waals surface area (Å²) in [5, 5.41) is 4.80. The lowest BCUT2D eigenvalue weighted by Crippen LogP contribution is -2.45. The number of piperazine rings is 1. The van der Waals surface area contributed by atoms with Crippen molar-refractivity contribution in [2.24, 2.45) is 0 Å². The van der Waals surface area contributed by atoms with Crippen LogP contribution < -0.4 is 9.80 Å². The Bertz CT molecular complexity index is 893. The van der Waals surface area contributed by atoms with Crippen LogP contribution >= 0.6 is 0 Å². The number of anilines is 2. The summed E-state index contributed by atoms with van der Waals surface area (Å²) in [7, 11) is 2.17. The summed E-state index contributed by atoms with van der Waals surface area (Å²) in [6, 6.07) is 12.3. The zero-order valence-corrected chi connectivity index (χ0v) is 16.3. The fraction of sp³-hybridized carbons (Fsp3) is 0.450. The van der Waals surface area contributed by atoms with Crippen molar-refractivity contribution in [1.29, 1.82) is 0 Å². The third kappa shape index (κ3) is 3.47. The minimum atomic E-state index is 0.659. The summed E-state index contributed by atoms with van der Waals surface area (Å²) < 4.78 is 1.90. The van der Waals surface area contributed by atoms with Gasteiger partial charge in [-0.05, 0) is 20.9 Å². The number of likely N-dealkylation sites (N-methyl/N-ethyl adjacent to an activating group) is 1. The van der Waals surface area contributed by atoms with E-state index in [0.29, 0.717) is 5.78 Å². The Balaban J connectivity index is 1.83. The maximum absolute atomic E-state index is 4.81. The Kier molecular flexibility index (Phi) is 4.94. The molecule has 7 heteroatoms. The van der Waals surface area contributed by atoms with Crippen molar-refractivity contribution in [1.82, 2.24) is 24.5 Å². The Labute approximate surface area is 160 Å². The second-order valence-electron chi connectivity index (χ2n) is 6.95. The van der Waals surface area contributed by atoms with Crippen LogP contribution in [0.2, 0.25) is 0 Å². The fourth-order valence-electron chi connectivity index (χ4n) is 3.52. The molecule has 2 aromatic heterocycles. The molecule has 1 aliphatic heterocycles. The van der Waals surface area contributed by atoms with Crippen LogP contribution in [0.25, 0.3) is 17.2 Å². The van der Waals surface area contributed by atoms with Gasteiger partial charge in [-0.1, -0.05) is 30.3 Å². The Morgan fingerprint density at radius 3 is 2.33 bits per heavy atom. The number of hydrogen-bond acceptors (Lipinski definition) is 6. The van der Waals surface area contributed by atoms with Crippen LogP contribution in [-0.2, 0) is 0 Å². The largest absolute Gasteiger partial charge is 0.357 e. The van der Waals surface area contributed by atoms with Gasteiger partial charge < -0.3 is 14.7 Å². The van der Waals surface area contributed by atoms with Crippen LogP contribution in [0.3, 0.4) is 0 Å². The monoisotopic (exact) mass is 365 g/mol. The molecule has 0 saturated carbocycles. The molecule has 4 rings (SSSR count). The average Bonchev–Trinajstić information content (AvgIpc) is 3.14. The van der Waals surface area contributed by atoms with Crippen LogP contribution in [0.5, 0.6) is 0 Å². The van der Waals surface area contributed by atoms with E-state index in [1.807, 2.05) is 34.8 Å². The molecule has 0 bridgehead atoms. The third-order valence-electron chi connectivity index (χ3n) is 5.23. The number of rotatable bonds is 5. The van der Waals surface area contributed by atoms with Crippen molar-refractivity contribution < 1.29 is 0 Å². The molecule has 0 aliphatic carbocycles. The van der Waals surface area contributed by atoms with E-state index in [0.717, 1.165) is 62.3 Å². The molecule has 0 N–H and O–H groups in total. The van der Waals surface area contributed by atoms with E-state index in [-0.39, 0.29) is 0 Å². The van der Waals surface area contributed by atoms with E-state index in [1.54, 1.807) is 0 Å². The van der Waals surface area contributed by atoms with Crippen molar-refractivity contribution in [2.45, 2.75) is 13.8 Å². The Morgan fingerprint density at radius 1 is 0.963 bits per heavy atom. The molecule has 3 heterocycles. The van der Waals surface area contributed by atoms with E-state index >= 15 is 0 Å². The molecule has 142 valence electrons. The average molecular weight is 365 g/mol. The summed E-state index contributed by atoms with van der Waals surface area (Å²) in [5.74, 6) is 3.42. The molecule has 3 aromatic rings. The quantitative estimate of drug-likeness (QED) is 0.692. The molecule has 27 heavy (non-hydrogen) atoms. The summed E-state index contributed by atoms with van der Waals surface area (Å²) >= 11 is 0. The van der Waals surface area contributed by atoms with Crippen molar-refractivity contribution in [2.75, 3.05) is 56.1 Å². The maximum atomic E-state index is 4.81. The van der Waals surface area contributed by atoms with Crippen molar-refractivity contribution in [3.05, 3.63) is 36.4 Å². The van der Waals surface area contributed by atoms with Crippen molar-refractivity contribution >= 4 is 17.4 Å². The first-order chi connectivity index (χ1) is 13.2. The van der Waals surface area contributed by atoms with Crippen molar-refractivity contribution in [3.63, 3.8) is 0 Å². The van der Waals surface area contributed by atoms with Gasteiger partial charge in [0, 0.05) is 50.9 Å². The molecular weight excluding hydrogens is 338 g/mol. The summed E-state index contributed by atoms with van der Waals surface area (Å²) in [4.78, 5) is 16.6. The first-order valence-electron chi connectivity index (χ1n) is 9.71. The predicted octanol–water partition coefficient (Wildman–Crippen LogP) is 2.39. The molecule has 0 atom stereocenters. The predicted molar refractivity (Wildman–Crippen MR) is 109 cm³/mol. The molecule has 0 radical (unpaired) electrons. The number of benzene rings is 1. The third-order valence-corrected chi connectivity index (χ3v) is 5.23. The summed E-state index contributed by atoms with van der Waals surface area (Å²) in [6.07, 6.45) is 0. The van der Waals surface area contributed by atoms with E-state index in [9.17, 15) is 0 Å². The molecule has 0 unspecified atom stereocenters. The molecule has 0 spiro atoms. The van der Waals surface area contributed by atoms with Gasteiger partial charge in [0.15, 0.2) is 5.82 Å². The lowest BCUT2D eigenvalue weighted by atomic mass is 10.2. The van der Waals surface area contributed by atoms with Gasteiger partial charge in [-0.15, -0.1) is 5.10 Å². The van der Waals surface area contributed by atoms with Crippen LogP contribution in [0.1, 0.15) is 13.8 Å². The molecule has 1 saturated heterocycles. The summed E-state index contributed by atoms with van der Waals surface area (Å²) in [6.45, 7) is 10.2. The van der Waals surface area contributed by atoms with Gasteiger partial charge in [-0.25, -0.2) is 0 Å². The second-order valence-corrected chi connectivity index (χ2v) is 6.95. The zero-order valence-electron chi connectivity index (χ0n) is 16.3. The minimum absolute atomic E-state index is 0.659. The second kappa shape index (κ2) is 7.52. The van der Waals surface area contributed by atoms with Gasteiger partial charge in [0.05, 0.1) is 0 Å². The normalized spacial score (nSPS) is 15.4. The topological polar surface area (TPSA) is 52.8 Å². The number of aromatic nitrogens is 4. The highest BCUT2D eigenvalue weighted by atomic mass is 15.4. The standard InChI is InChI=1S/C20H27N7/c1-4-25(5-2)17-15-18(26-13-11-24(3)12-14-26)27-20(21-17)22-19(23-27)16-9-7-6-8-10-16/h6-10,15H,4-5,11-14H2,1-3H3. The first-order valence-corrected chi connectivity index (χ1v) is 9.71. The van der Waals surface area contributed by atoms with E-state index in [1.165, 1.54) is 0 Å². The highest BCUT2D eigenvalue weighted by Gasteiger charge is 2.21. The zero-order chi connectivity index (χ0) is 18.8. The molecular formula is C20H27N7. The lowest BCUT2D eigenvalue weighted by Gasteiger charge is -2.34. The highest BCUT2D eigenvalue weighted by Crippen LogP contribution is 2.25. The van der Waals surface area contributed by atoms with Crippen LogP contribution in [0.15, 0.2) is 36.4 Å². The van der Waals surface area contributed by atoms with Crippen LogP contribution in [-0.4, -0.2) is 70.8 Å². The minimum Gasteiger partial charge on any atom is -0.357 e. The molecule has 7 nitrogen and oxygen atoms in total. The maximum Gasteiger partial charge on any atom is 0.256 e. The first kappa shape index (κ1) is 17.7. The number of fused-ring (bicyclic) bond motifs is 1. The Hall–Kier alpha value is -2.67. The lowest BCUT2D eigenvalue weighted by molar-refractivity contribution is 0.311. The fourth-order valence-corrected chi connectivity index (χ4v) is 3.52. The van der Waals surface area contributed by atoms with Crippen LogP contribution in [0.4, 0.5) is 11.6 Å². The SMILES string of the molecule is CCN(CC)c1cc(N2CCN(C)CC2)n2nc(-c3ccccc3)nc2n1. The summed E-state index contributed by atoms with van der Waals surface area (Å²) in [5.41, 5.74) is 1.01. The number of nitrogens with zero attached hydrogens (tertiary/aromatic N) is 7. The van der Waals surface area contributed by atoms with Gasteiger partial charge in [0.25, 0.3) is 5.78 Å². The highest BCUT2D eigenvalue weighted by molar-refractivity contribution is 5.62. The van der Waals surface area contributed by atoms with Gasteiger partial charge in [0.1, 0.15) is 11.6 Å². The van der Waals surface area contributed by atoms with E-state index < -0.39 is 0 Å². The molecule has 1 aromatic carbocycles. The van der Waals surface area contributed by atoms with E-state index in [4.69, 9.17) is 15.1 Å². The molecule has 1 fully saturated rings. The molecule has 0 amide bonds. The Morgan fingerprint density at radius 2 is 1.67 bits per heavy atom. The number of hydrogen-bond donors (Lipinski definition) is 0. The van der Waals surface area contributed by atoms with Crippen LogP contribution in [0, 0.1) is 0 Å². The molecule has 1 aliphatic rings. The smallest absolute Gasteiger partial charge is 0.256 e. The van der Waals surface area contributed by atoms with Crippen molar-refractivity contribution in [3.8, 4) is 11.4 Å². The van der Waals surface area contributed by atoms with Gasteiger partial charge >= 0.3 is 0 Å². The van der Waals surface area contributed by atoms with Gasteiger partial charge in [-0.3, -0.25) is 0 Å². The van der Waals surface area contributed by atoms with Gasteiger partial charge in [-0.2, -0.15) is 14.5 Å².